The maximum Gasteiger partial charge on any atom is 0.159 e. The van der Waals surface area contributed by atoms with Crippen molar-refractivity contribution in [2.45, 2.75) is 39.2 Å². The topological polar surface area (TPSA) is 37.3 Å². The van der Waals surface area contributed by atoms with E-state index in [1.165, 1.54) is 0 Å². The SMILES string of the molecule is CC(C)(C1=CC=CCC1O)C1CCC=CC1=O. The first-order chi connectivity index (χ1) is 8.03. The summed E-state index contributed by atoms with van der Waals surface area (Å²) >= 11 is 0. The van der Waals surface area contributed by atoms with Crippen LogP contribution in [-0.4, -0.2) is 17.0 Å². The van der Waals surface area contributed by atoms with Gasteiger partial charge in [0.1, 0.15) is 0 Å². The Kier molecular flexibility index (Phi) is 3.34. The van der Waals surface area contributed by atoms with E-state index in [1.807, 2.05) is 24.3 Å². The minimum Gasteiger partial charge on any atom is -0.388 e. The van der Waals surface area contributed by atoms with E-state index >= 15 is 0 Å². The van der Waals surface area contributed by atoms with Gasteiger partial charge in [0, 0.05) is 5.92 Å². The average molecular weight is 232 g/mol. The van der Waals surface area contributed by atoms with Crippen LogP contribution in [0.1, 0.15) is 33.1 Å². The van der Waals surface area contributed by atoms with Crippen molar-refractivity contribution in [2.24, 2.45) is 11.3 Å². The van der Waals surface area contributed by atoms with Crippen LogP contribution in [0.4, 0.5) is 0 Å². The fourth-order valence-electron chi connectivity index (χ4n) is 2.90. The van der Waals surface area contributed by atoms with Gasteiger partial charge in [-0.2, -0.15) is 0 Å². The predicted octanol–water partition coefficient (Wildman–Crippen LogP) is 2.80. The van der Waals surface area contributed by atoms with Crippen molar-refractivity contribution in [1.29, 1.82) is 0 Å². The summed E-state index contributed by atoms with van der Waals surface area (Å²) < 4.78 is 0. The van der Waals surface area contributed by atoms with Crippen LogP contribution in [0.5, 0.6) is 0 Å². The molecule has 0 saturated heterocycles. The molecule has 0 radical (unpaired) electrons. The van der Waals surface area contributed by atoms with Crippen molar-refractivity contribution in [3.05, 3.63) is 36.0 Å². The maximum atomic E-state index is 12.0. The molecule has 92 valence electrons. The van der Waals surface area contributed by atoms with E-state index in [2.05, 4.69) is 13.8 Å². The maximum absolute atomic E-state index is 12.0. The Hall–Kier alpha value is -1.15. The molecule has 2 unspecified atom stereocenters. The molecule has 0 amide bonds. The molecule has 0 aromatic carbocycles. The number of ketones is 1. The van der Waals surface area contributed by atoms with Crippen LogP contribution < -0.4 is 0 Å². The summed E-state index contributed by atoms with van der Waals surface area (Å²) in [4.78, 5) is 12.0. The van der Waals surface area contributed by atoms with Crippen molar-refractivity contribution in [3.63, 3.8) is 0 Å². The lowest BCUT2D eigenvalue weighted by Crippen LogP contribution is -2.37. The first-order valence-electron chi connectivity index (χ1n) is 6.29. The number of rotatable bonds is 2. The fraction of sp³-hybridized carbons (Fsp3) is 0.533. The van der Waals surface area contributed by atoms with Crippen LogP contribution in [0.3, 0.4) is 0 Å². The number of hydrogen-bond acceptors (Lipinski definition) is 2. The summed E-state index contributed by atoms with van der Waals surface area (Å²) in [6, 6.07) is 0. The highest BCUT2D eigenvalue weighted by Crippen LogP contribution is 2.42. The zero-order valence-electron chi connectivity index (χ0n) is 10.5. The van der Waals surface area contributed by atoms with Gasteiger partial charge in [0.05, 0.1) is 6.10 Å². The Morgan fingerprint density at radius 1 is 1.35 bits per heavy atom. The summed E-state index contributed by atoms with van der Waals surface area (Å²) in [5.74, 6) is 0.198. The van der Waals surface area contributed by atoms with Gasteiger partial charge in [-0.25, -0.2) is 0 Å². The van der Waals surface area contributed by atoms with Gasteiger partial charge in [-0.3, -0.25) is 4.79 Å². The van der Waals surface area contributed by atoms with Crippen LogP contribution in [0.2, 0.25) is 0 Å². The lowest BCUT2D eigenvalue weighted by atomic mass is 9.65. The lowest BCUT2D eigenvalue weighted by molar-refractivity contribution is -0.121. The Labute approximate surface area is 103 Å². The van der Waals surface area contributed by atoms with Crippen molar-refractivity contribution in [1.82, 2.24) is 0 Å². The second-order valence-corrected chi connectivity index (χ2v) is 5.46. The van der Waals surface area contributed by atoms with E-state index in [9.17, 15) is 9.90 Å². The van der Waals surface area contributed by atoms with Gasteiger partial charge in [0.2, 0.25) is 0 Å². The Bertz CT molecular complexity index is 399. The normalized spacial score (nSPS) is 29.4. The molecular formula is C15H20O2. The van der Waals surface area contributed by atoms with E-state index in [0.29, 0.717) is 6.42 Å². The molecular weight excluding hydrogens is 212 g/mol. The third kappa shape index (κ3) is 2.27. The molecule has 17 heavy (non-hydrogen) atoms. The largest absolute Gasteiger partial charge is 0.388 e. The number of allylic oxidation sites excluding steroid dienone is 4. The highest BCUT2D eigenvalue weighted by Gasteiger charge is 2.39. The third-order valence-electron chi connectivity index (χ3n) is 3.99. The molecule has 0 aliphatic heterocycles. The Morgan fingerprint density at radius 2 is 2.12 bits per heavy atom. The van der Waals surface area contributed by atoms with E-state index < -0.39 is 6.10 Å². The number of carbonyl (C=O) groups is 1. The van der Waals surface area contributed by atoms with Gasteiger partial charge in [-0.1, -0.05) is 38.2 Å². The molecule has 2 heteroatoms. The van der Waals surface area contributed by atoms with Crippen LogP contribution in [0.25, 0.3) is 0 Å². The van der Waals surface area contributed by atoms with Crippen molar-refractivity contribution in [3.8, 4) is 0 Å². The summed E-state index contributed by atoms with van der Waals surface area (Å²) in [5.41, 5.74) is 0.736. The molecule has 0 heterocycles. The van der Waals surface area contributed by atoms with Crippen LogP contribution in [-0.2, 0) is 4.79 Å². The molecule has 0 spiro atoms. The van der Waals surface area contributed by atoms with Crippen LogP contribution >= 0.6 is 0 Å². The standard InChI is InChI=1S/C15H20O2/c1-15(2,11-7-3-5-9-13(11)16)12-8-4-6-10-14(12)17/h3,5-7,10,12-13,16H,4,8-9H2,1-2H3. The van der Waals surface area contributed by atoms with Gasteiger partial charge in [0.25, 0.3) is 0 Å². The Morgan fingerprint density at radius 3 is 2.76 bits per heavy atom. The van der Waals surface area contributed by atoms with Gasteiger partial charge < -0.3 is 5.11 Å². The van der Waals surface area contributed by atoms with Gasteiger partial charge in [-0.05, 0) is 36.3 Å². The second kappa shape index (κ2) is 4.61. The minimum atomic E-state index is -0.436. The third-order valence-corrected chi connectivity index (χ3v) is 3.99. The zero-order chi connectivity index (χ0) is 12.5. The average Bonchev–Trinajstić information content (AvgIpc) is 2.29. The van der Waals surface area contributed by atoms with Gasteiger partial charge in [-0.15, -0.1) is 0 Å². The molecule has 0 saturated carbocycles. The Balaban J connectivity index is 2.29. The molecule has 1 N–H and O–H groups in total. The molecule has 2 nitrogen and oxygen atoms in total. The number of hydrogen-bond donors (Lipinski definition) is 1. The summed E-state index contributed by atoms with van der Waals surface area (Å²) in [6.45, 7) is 4.14. The summed E-state index contributed by atoms with van der Waals surface area (Å²) in [5, 5.41) is 10.1. The smallest absolute Gasteiger partial charge is 0.159 e. The number of carbonyl (C=O) groups excluding carboxylic acids is 1. The lowest BCUT2D eigenvalue weighted by Gasteiger charge is -2.39. The van der Waals surface area contributed by atoms with Crippen molar-refractivity contribution >= 4 is 5.78 Å². The monoisotopic (exact) mass is 232 g/mol. The van der Waals surface area contributed by atoms with Crippen molar-refractivity contribution in [2.75, 3.05) is 0 Å². The molecule has 2 atom stereocenters. The molecule has 0 fully saturated rings. The molecule has 0 bridgehead atoms. The summed E-state index contributed by atoms with van der Waals surface area (Å²) in [7, 11) is 0. The highest BCUT2D eigenvalue weighted by molar-refractivity contribution is 5.93. The zero-order valence-corrected chi connectivity index (χ0v) is 10.5. The predicted molar refractivity (Wildman–Crippen MR) is 68.5 cm³/mol. The van der Waals surface area contributed by atoms with Gasteiger partial charge in [0.15, 0.2) is 5.78 Å². The molecule has 2 aliphatic carbocycles. The van der Waals surface area contributed by atoms with Crippen molar-refractivity contribution < 1.29 is 9.90 Å². The molecule has 0 aromatic rings. The first kappa shape index (κ1) is 12.3. The van der Waals surface area contributed by atoms with Crippen LogP contribution in [0, 0.1) is 11.3 Å². The van der Waals surface area contributed by atoms with E-state index in [0.717, 1.165) is 18.4 Å². The number of aliphatic hydroxyl groups is 1. The van der Waals surface area contributed by atoms with E-state index in [4.69, 9.17) is 0 Å². The molecule has 2 rings (SSSR count). The van der Waals surface area contributed by atoms with Crippen LogP contribution in [0.15, 0.2) is 36.0 Å². The second-order valence-electron chi connectivity index (χ2n) is 5.46. The minimum absolute atomic E-state index is 0.0000926. The van der Waals surface area contributed by atoms with E-state index in [-0.39, 0.29) is 17.1 Å². The van der Waals surface area contributed by atoms with E-state index in [1.54, 1.807) is 6.08 Å². The molecule has 2 aliphatic rings. The first-order valence-corrected chi connectivity index (χ1v) is 6.29. The number of aliphatic hydroxyl groups excluding tert-OH is 1. The quantitative estimate of drug-likeness (QED) is 0.795. The fourth-order valence-corrected chi connectivity index (χ4v) is 2.90. The molecule has 0 aromatic heterocycles. The van der Waals surface area contributed by atoms with Gasteiger partial charge >= 0.3 is 0 Å². The summed E-state index contributed by atoms with van der Waals surface area (Å²) in [6.07, 6.45) is 11.6. The highest BCUT2D eigenvalue weighted by atomic mass is 16.3.